The van der Waals surface area contributed by atoms with E-state index in [-0.39, 0.29) is 11.5 Å². The Morgan fingerprint density at radius 2 is 1.89 bits per heavy atom. The number of hydrogen-bond donors (Lipinski definition) is 0. The van der Waals surface area contributed by atoms with E-state index in [0.29, 0.717) is 52.3 Å². The third-order valence-corrected chi connectivity index (χ3v) is 6.58. The molecular weight excluding hydrogens is 536 g/mol. The minimum absolute atomic E-state index is 0.301. The molecule has 0 saturated carbocycles. The predicted molar refractivity (Wildman–Crippen MR) is 139 cm³/mol. The van der Waals surface area contributed by atoms with Gasteiger partial charge in [-0.1, -0.05) is 24.4 Å². The first-order chi connectivity index (χ1) is 16.9. The number of aryl methyl sites for hydroxylation is 1. The summed E-state index contributed by atoms with van der Waals surface area (Å²) >= 11 is 4.80. The van der Waals surface area contributed by atoms with Crippen molar-refractivity contribution in [2.75, 3.05) is 26.4 Å². The van der Waals surface area contributed by atoms with Gasteiger partial charge in [0.25, 0.3) is 0 Å². The number of thioether (sulfide) groups is 1. The number of benzene rings is 2. The van der Waals surface area contributed by atoms with Gasteiger partial charge in [0.1, 0.15) is 23.4 Å². The highest BCUT2D eigenvalue weighted by Gasteiger charge is 2.26. The summed E-state index contributed by atoms with van der Waals surface area (Å²) in [5.41, 5.74) is 1.54. The molecule has 0 fully saturated rings. The Morgan fingerprint density at radius 1 is 1.17 bits per heavy atom. The van der Waals surface area contributed by atoms with Crippen LogP contribution in [0.15, 0.2) is 58.7 Å². The Kier molecular flexibility index (Phi) is 9.55. The molecule has 0 spiro atoms. The van der Waals surface area contributed by atoms with Crippen LogP contribution in [0.3, 0.4) is 0 Å². The van der Waals surface area contributed by atoms with Crippen molar-refractivity contribution in [1.82, 2.24) is 14.8 Å². The number of nitro groups is 1. The monoisotopic (exact) mass is 562 g/mol. The third-order valence-electron chi connectivity index (χ3n) is 4.81. The van der Waals surface area contributed by atoms with E-state index < -0.39 is 5.25 Å². The second-order valence-corrected chi connectivity index (χ2v) is 9.30. The summed E-state index contributed by atoms with van der Waals surface area (Å²) < 4.78 is 19.6. The first kappa shape index (κ1) is 26.6. The van der Waals surface area contributed by atoms with Gasteiger partial charge in [-0.15, -0.1) is 10.2 Å². The zero-order valence-corrected chi connectivity index (χ0v) is 22.2. The molecule has 0 aliphatic rings. The summed E-state index contributed by atoms with van der Waals surface area (Å²) in [6.07, 6.45) is 1.64. The Bertz CT molecular complexity index is 1170. The van der Waals surface area contributed by atoms with Crippen LogP contribution in [0.2, 0.25) is 0 Å². The molecule has 0 saturated heterocycles. The van der Waals surface area contributed by atoms with Crippen LogP contribution in [-0.4, -0.2) is 46.1 Å². The third kappa shape index (κ3) is 6.76. The lowest BCUT2D eigenvalue weighted by Gasteiger charge is -2.18. The van der Waals surface area contributed by atoms with E-state index in [2.05, 4.69) is 32.7 Å². The van der Waals surface area contributed by atoms with Crippen LogP contribution in [0.5, 0.6) is 17.2 Å². The lowest BCUT2D eigenvalue weighted by Crippen LogP contribution is -2.12. The van der Waals surface area contributed by atoms with Crippen LogP contribution in [0.1, 0.15) is 30.5 Å². The zero-order chi connectivity index (χ0) is 25.4. The van der Waals surface area contributed by atoms with Crippen molar-refractivity contribution in [2.24, 2.45) is 0 Å². The summed E-state index contributed by atoms with van der Waals surface area (Å²) in [5.74, 6) is 2.45. The first-order valence-electron chi connectivity index (χ1n) is 11.0. The quantitative estimate of drug-likeness (QED) is 0.111. The van der Waals surface area contributed by atoms with Gasteiger partial charge in [-0.05, 0) is 78.7 Å². The largest absolute Gasteiger partial charge is 0.494 e. The molecule has 1 atom stereocenters. The Labute approximate surface area is 216 Å². The van der Waals surface area contributed by atoms with Gasteiger partial charge in [-0.3, -0.25) is 14.7 Å². The fraction of sp³-hybridized carbons (Fsp3) is 0.333. The average molecular weight is 563 g/mol. The van der Waals surface area contributed by atoms with Crippen molar-refractivity contribution < 1.29 is 19.1 Å². The van der Waals surface area contributed by atoms with E-state index >= 15 is 0 Å². The van der Waals surface area contributed by atoms with Gasteiger partial charge in [-0.2, -0.15) is 0 Å². The van der Waals surface area contributed by atoms with Crippen molar-refractivity contribution >= 4 is 27.7 Å². The molecule has 2 aromatic carbocycles. The Morgan fingerprint density at radius 3 is 2.51 bits per heavy atom. The standard InChI is InChI=1S/C24H27BrN4O5S/c1-5-12-34-23-20(25)13-17(14-21(23)33-7-3)22(15-28(30)31)35-24-27-26-16(4)29(24)18-8-10-19(11-9-18)32-6-2/h5,8-11,13-14,22H,1,6-7,12,15H2,2-4H3/t22-/m1/s1. The van der Waals surface area contributed by atoms with Crippen molar-refractivity contribution in [2.45, 2.75) is 31.2 Å². The van der Waals surface area contributed by atoms with Crippen molar-refractivity contribution in [3.63, 3.8) is 0 Å². The van der Waals surface area contributed by atoms with Crippen LogP contribution in [-0.2, 0) is 0 Å². The molecule has 35 heavy (non-hydrogen) atoms. The molecule has 1 aromatic heterocycles. The van der Waals surface area contributed by atoms with Crippen molar-refractivity contribution in [3.8, 4) is 22.9 Å². The molecule has 11 heteroatoms. The summed E-state index contributed by atoms with van der Waals surface area (Å²) in [4.78, 5) is 11.3. The van der Waals surface area contributed by atoms with Gasteiger partial charge in [0.05, 0.1) is 17.7 Å². The van der Waals surface area contributed by atoms with Crippen LogP contribution in [0.25, 0.3) is 5.69 Å². The topological polar surface area (TPSA) is 102 Å². The molecule has 0 bridgehead atoms. The molecule has 9 nitrogen and oxygen atoms in total. The average Bonchev–Trinajstić information content (AvgIpc) is 3.18. The number of aromatic nitrogens is 3. The molecule has 0 N–H and O–H groups in total. The summed E-state index contributed by atoms with van der Waals surface area (Å²) in [7, 11) is 0. The van der Waals surface area contributed by atoms with Gasteiger partial charge in [0.2, 0.25) is 6.54 Å². The Hall–Kier alpha value is -3.05. The molecule has 0 unspecified atom stereocenters. The van der Waals surface area contributed by atoms with Gasteiger partial charge in [0.15, 0.2) is 16.7 Å². The Balaban J connectivity index is 1.99. The molecule has 0 amide bonds. The number of nitrogens with zero attached hydrogens (tertiary/aromatic N) is 4. The highest BCUT2D eigenvalue weighted by atomic mass is 79.9. The first-order valence-corrected chi connectivity index (χ1v) is 12.7. The summed E-state index contributed by atoms with van der Waals surface area (Å²) in [5, 5.41) is 20.1. The maximum absolute atomic E-state index is 11.6. The molecule has 1 heterocycles. The normalized spacial score (nSPS) is 11.7. The van der Waals surface area contributed by atoms with E-state index in [4.69, 9.17) is 14.2 Å². The van der Waals surface area contributed by atoms with Gasteiger partial charge < -0.3 is 14.2 Å². The molecule has 186 valence electrons. The second kappa shape index (κ2) is 12.6. The van der Waals surface area contributed by atoms with Crippen molar-refractivity contribution in [3.05, 3.63) is 75.0 Å². The van der Waals surface area contributed by atoms with Gasteiger partial charge in [0, 0.05) is 10.6 Å². The number of halogens is 1. The number of hydrogen-bond acceptors (Lipinski definition) is 8. The molecule has 3 rings (SSSR count). The number of rotatable bonds is 13. The summed E-state index contributed by atoms with van der Waals surface area (Å²) in [6, 6.07) is 11.1. The second-order valence-electron chi connectivity index (χ2n) is 7.28. The SMILES string of the molecule is C=CCOc1c(Br)cc([C@@H](C[N+](=O)[O-])Sc2nnc(C)n2-c2ccc(OCC)cc2)cc1OCC. The van der Waals surface area contributed by atoms with E-state index in [0.717, 1.165) is 11.4 Å². The fourth-order valence-electron chi connectivity index (χ4n) is 3.37. The van der Waals surface area contributed by atoms with Gasteiger partial charge >= 0.3 is 0 Å². The smallest absolute Gasteiger partial charge is 0.220 e. The molecule has 0 aliphatic heterocycles. The lowest BCUT2D eigenvalue weighted by atomic mass is 10.1. The molecular formula is C24H27BrN4O5S. The van der Waals surface area contributed by atoms with E-state index in [9.17, 15) is 10.1 Å². The molecule has 3 aromatic rings. The van der Waals surface area contributed by atoms with Crippen LogP contribution in [0, 0.1) is 17.0 Å². The van der Waals surface area contributed by atoms with E-state index in [1.165, 1.54) is 11.8 Å². The maximum atomic E-state index is 11.6. The highest BCUT2D eigenvalue weighted by Crippen LogP contribution is 2.43. The molecule has 0 radical (unpaired) electrons. The minimum Gasteiger partial charge on any atom is -0.494 e. The maximum Gasteiger partial charge on any atom is 0.220 e. The highest BCUT2D eigenvalue weighted by molar-refractivity contribution is 9.10. The van der Waals surface area contributed by atoms with Crippen molar-refractivity contribution in [1.29, 1.82) is 0 Å². The van der Waals surface area contributed by atoms with E-state index in [1.54, 1.807) is 12.1 Å². The minimum atomic E-state index is -0.556. The van der Waals surface area contributed by atoms with E-state index in [1.807, 2.05) is 55.7 Å². The van der Waals surface area contributed by atoms with Crippen LogP contribution >= 0.6 is 27.7 Å². The lowest BCUT2D eigenvalue weighted by molar-refractivity contribution is -0.479. The molecule has 0 aliphatic carbocycles. The summed E-state index contributed by atoms with van der Waals surface area (Å²) in [6.45, 7) is 10.3. The van der Waals surface area contributed by atoms with Crippen LogP contribution < -0.4 is 14.2 Å². The fourth-order valence-corrected chi connectivity index (χ4v) is 5.10. The number of ether oxygens (including phenoxy) is 3. The van der Waals surface area contributed by atoms with Gasteiger partial charge in [-0.25, -0.2) is 0 Å². The predicted octanol–water partition coefficient (Wildman–Crippen LogP) is 5.81. The zero-order valence-electron chi connectivity index (χ0n) is 19.8. The van der Waals surface area contributed by atoms with Crippen LogP contribution in [0.4, 0.5) is 0 Å².